The van der Waals surface area contributed by atoms with E-state index in [9.17, 15) is 9.59 Å². The molecule has 0 aromatic heterocycles. The first kappa shape index (κ1) is 24.2. The molecule has 0 aliphatic heterocycles. The predicted molar refractivity (Wildman–Crippen MR) is 114 cm³/mol. The Morgan fingerprint density at radius 1 is 0.679 bits per heavy atom. The molecule has 0 aliphatic carbocycles. The van der Waals surface area contributed by atoms with Crippen molar-refractivity contribution in [2.24, 2.45) is 0 Å². The summed E-state index contributed by atoms with van der Waals surface area (Å²) < 4.78 is 5.25. The number of carbonyl (C=O) groups excluding carboxylic acids is 1. The van der Waals surface area contributed by atoms with Crippen molar-refractivity contribution in [3.63, 3.8) is 0 Å². The second-order valence-electron chi connectivity index (χ2n) is 7.61. The Hall–Kier alpha value is -1.84. The average molecular weight is 391 g/mol. The van der Waals surface area contributed by atoms with Gasteiger partial charge in [-0.3, -0.25) is 0 Å². The Morgan fingerprint density at radius 3 is 1.50 bits per heavy atom. The third-order valence-corrected chi connectivity index (χ3v) is 5.10. The summed E-state index contributed by atoms with van der Waals surface area (Å²) in [4.78, 5) is 22.7. The molecule has 0 amide bonds. The van der Waals surface area contributed by atoms with Crippen LogP contribution in [0.3, 0.4) is 0 Å². The summed E-state index contributed by atoms with van der Waals surface area (Å²) in [5, 5.41) is 8.85. The first-order valence-corrected chi connectivity index (χ1v) is 11.2. The van der Waals surface area contributed by atoms with Crippen LogP contribution in [0.2, 0.25) is 0 Å². The van der Waals surface area contributed by atoms with Gasteiger partial charge < -0.3 is 9.84 Å². The molecule has 0 heterocycles. The number of hydrogen-bond acceptors (Lipinski definition) is 3. The van der Waals surface area contributed by atoms with Gasteiger partial charge in [0, 0.05) is 0 Å². The number of benzene rings is 1. The van der Waals surface area contributed by atoms with Crippen molar-refractivity contribution in [1.29, 1.82) is 0 Å². The summed E-state index contributed by atoms with van der Waals surface area (Å²) in [5.41, 5.74) is 0.568. The minimum Gasteiger partial charge on any atom is -0.478 e. The fourth-order valence-electron chi connectivity index (χ4n) is 3.29. The molecule has 0 atom stereocenters. The van der Waals surface area contributed by atoms with Gasteiger partial charge in [-0.15, -0.1) is 0 Å². The van der Waals surface area contributed by atoms with Crippen molar-refractivity contribution < 1.29 is 19.4 Å². The number of aromatic carboxylic acids is 1. The fourth-order valence-corrected chi connectivity index (χ4v) is 3.29. The lowest BCUT2D eigenvalue weighted by atomic mass is 10.0. The second-order valence-corrected chi connectivity index (χ2v) is 7.61. The number of carboxylic acid groups (broad SMARTS) is 1. The SMILES string of the molecule is CCCCCCCCCCCCCCCCOC(=O)c1ccc(C(=O)O)cc1. The highest BCUT2D eigenvalue weighted by Gasteiger charge is 2.08. The van der Waals surface area contributed by atoms with Gasteiger partial charge >= 0.3 is 11.9 Å². The van der Waals surface area contributed by atoms with Crippen LogP contribution in [0.4, 0.5) is 0 Å². The third-order valence-electron chi connectivity index (χ3n) is 5.10. The zero-order valence-corrected chi connectivity index (χ0v) is 17.6. The fraction of sp³-hybridized carbons (Fsp3) is 0.667. The number of carbonyl (C=O) groups is 2. The monoisotopic (exact) mass is 390 g/mol. The van der Waals surface area contributed by atoms with Crippen LogP contribution in [0.15, 0.2) is 24.3 Å². The molecule has 4 nitrogen and oxygen atoms in total. The quantitative estimate of drug-likeness (QED) is 0.229. The molecular weight excluding hydrogens is 352 g/mol. The van der Waals surface area contributed by atoms with Gasteiger partial charge in [0.2, 0.25) is 0 Å². The van der Waals surface area contributed by atoms with Gasteiger partial charge in [-0.1, -0.05) is 90.4 Å². The average Bonchev–Trinajstić information content (AvgIpc) is 2.70. The molecule has 0 fully saturated rings. The van der Waals surface area contributed by atoms with Crippen LogP contribution in [-0.4, -0.2) is 23.7 Å². The molecule has 158 valence electrons. The normalized spacial score (nSPS) is 10.8. The Balaban J connectivity index is 1.90. The number of esters is 1. The zero-order valence-electron chi connectivity index (χ0n) is 17.6. The van der Waals surface area contributed by atoms with Crippen molar-refractivity contribution in [2.45, 2.75) is 96.8 Å². The summed E-state index contributed by atoms with van der Waals surface area (Å²) in [6.45, 7) is 2.69. The van der Waals surface area contributed by atoms with E-state index in [0.717, 1.165) is 12.8 Å². The minimum atomic E-state index is -0.998. The van der Waals surface area contributed by atoms with Crippen LogP contribution in [0, 0.1) is 0 Å². The molecule has 0 spiro atoms. The van der Waals surface area contributed by atoms with Crippen molar-refractivity contribution in [1.82, 2.24) is 0 Å². The summed E-state index contributed by atoms with van der Waals surface area (Å²) in [7, 11) is 0. The number of hydrogen-bond donors (Lipinski definition) is 1. The van der Waals surface area contributed by atoms with Crippen molar-refractivity contribution in [2.75, 3.05) is 6.61 Å². The Morgan fingerprint density at radius 2 is 1.07 bits per heavy atom. The largest absolute Gasteiger partial charge is 0.478 e. The smallest absolute Gasteiger partial charge is 0.338 e. The summed E-state index contributed by atoms with van der Waals surface area (Å²) in [6, 6.07) is 5.84. The number of rotatable bonds is 17. The van der Waals surface area contributed by atoms with Crippen molar-refractivity contribution in [3.05, 3.63) is 35.4 Å². The number of unbranched alkanes of at least 4 members (excludes halogenated alkanes) is 13. The molecule has 1 aromatic carbocycles. The Bertz CT molecular complexity index is 536. The third kappa shape index (κ3) is 11.8. The first-order chi connectivity index (χ1) is 13.6. The Labute approximate surface area is 170 Å². The molecule has 0 radical (unpaired) electrons. The topological polar surface area (TPSA) is 63.6 Å². The van der Waals surface area contributed by atoms with E-state index >= 15 is 0 Å². The van der Waals surface area contributed by atoms with E-state index in [4.69, 9.17) is 9.84 Å². The lowest BCUT2D eigenvalue weighted by molar-refractivity contribution is 0.0496. The van der Waals surface area contributed by atoms with Crippen molar-refractivity contribution in [3.8, 4) is 0 Å². The van der Waals surface area contributed by atoms with Crippen LogP contribution >= 0.6 is 0 Å². The maximum atomic E-state index is 11.9. The highest BCUT2D eigenvalue weighted by Crippen LogP contribution is 2.13. The molecule has 0 saturated carbocycles. The van der Waals surface area contributed by atoms with Crippen LogP contribution in [0.1, 0.15) is 118 Å². The van der Waals surface area contributed by atoms with E-state index in [1.54, 1.807) is 0 Å². The Kier molecular flexibility index (Phi) is 14.0. The summed E-state index contributed by atoms with van der Waals surface area (Å²) >= 11 is 0. The van der Waals surface area contributed by atoms with Crippen LogP contribution in [-0.2, 0) is 4.74 Å². The van der Waals surface area contributed by atoms with E-state index in [1.807, 2.05) is 0 Å². The molecular formula is C24H38O4. The predicted octanol–water partition coefficient (Wildman–Crippen LogP) is 7.02. The molecule has 0 aliphatic rings. The van der Waals surface area contributed by atoms with Gasteiger partial charge in [0.05, 0.1) is 17.7 Å². The van der Waals surface area contributed by atoms with Crippen LogP contribution in [0.25, 0.3) is 0 Å². The second kappa shape index (κ2) is 16.1. The van der Waals surface area contributed by atoms with E-state index in [-0.39, 0.29) is 11.5 Å². The van der Waals surface area contributed by atoms with E-state index < -0.39 is 5.97 Å². The molecule has 0 saturated heterocycles. The molecule has 28 heavy (non-hydrogen) atoms. The first-order valence-electron chi connectivity index (χ1n) is 11.2. The van der Waals surface area contributed by atoms with Gasteiger partial charge in [-0.2, -0.15) is 0 Å². The molecule has 4 heteroatoms. The standard InChI is InChI=1S/C24H38O4/c1-2-3-4-5-6-7-8-9-10-11-12-13-14-15-20-28-24(27)22-18-16-21(17-19-22)23(25)26/h16-19H,2-15,20H2,1H3,(H,25,26). The summed E-state index contributed by atoms with van der Waals surface area (Å²) in [6.07, 6.45) is 18.2. The highest BCUT2D eigenvalue weighted by molar-refractivity contribution is 5.92. The maximum absolute atomic E-state index is 11.9. The van der Waals surface area contributed by atoms with Crippen molar-refractivity contribution >= 4 is 11.9 Å². The molecule has 0 unspecified atom stereocenters. The van der Waals surface area contributed by atoms with Gasteiger partial charge in [0.25, 0.3) is 0 Å². The molecule has 1 N–H and O–H groups in total. The van der Waals surface area contributed by atoms with Gasteiger partial charge in [-0.25, -0.2) is 9.59 Å². The summed E-state index contributed by atoms with van der Waals surface area (Å²) in [5.74, 6) is -1.38. The highest BCUT2D eigenvalue weighted by atomic mass is 16.5. The number of ether oxygens (including phenoxy) is 1. The lowest BCUT2D eigenvalue weighted by Gasteiger charge is -2.06. The molecule has 0 bridgehead atoms. The van der Waals surface area contributed by atoms with Crippen LogP contribution < -0.4 is 0 Å². The maximum Gasteiger partial charge on any atom is 0.338 e. The molecule has 1 rings (SSSR count). The minimum absolute atomic E-state index is 0.170. The number of carboxylic acids is 1. The van der Waals surface area contributed by atoms with Crippen LogP contribution in [0.5, 0.6) is 0 Å². The van der Waals surface area contributed by atoms with Gasteiger partial charge in [0.1, 0.15) is 0 Å². The van der Waals surface area contributed by atoms with E-state index in [2.05, 4.69) is 6.92 Å². The molecule has 1 aromatic rings. The van der Waals surface area contributed by atoms with Gasteiger partial charge in [0.15, 0.2) is 0 Å². The zero-order chi connectivity index (χ0) is 20.5. The lowest BCUT2D eigenvalue weighted by Crippen LogP contribution is -2.07. The van der Waals surface area contributed by atoms with Gasteiger partial charge in [-0.05, 0) is 30.7 Å². The van der Waals surface area contributed by atoms with E-state index in [1.165, 1.54) is 101 Å². The van der Waals surface area contributed by atoms with E-state index in [0.29, 0.717) is 12.2 Å².